The van der Waals surface area contributed by atoms with Crippen molar-refractivity contribution in [2.24, 2.45) is 0 Å². The van der Waals surface area contributed by atoms with E-state index in [2.05, 4.69) is 9.47 Å². The molecule has 0 amide bonds. The number of benzene rings is 1. The molecule has 8 heteroatoms. The Bertz CT molecular complexity index is 956. The average molecular weight is 376 g/mol. The first-order valence-corrected chi connectivity index (χ1v) is 8.10. The monoisotopic (exact) mass is 376 g/mol. The molecule has 0 atom stereocenters. The van der Waals surface area contributed by atoms with E-state index in [1.54, 1.807) is 24.3 Å². The Hall–Kier alpha value is -4.14. The predicted octanol–water partition coefficient (Wildman–Crippen LogP) is 0.294. The van der Waals surface area contributed by atoms with Crippen LogP contribution in [0, 0.1) is 45.3 Å². The van der Waals surface area contributed by atoms with Gasteiger partial charge in [-0.2, -0.15) is 21.0 Å². The molecule has 1 aromatic rings. The summed E-state index contributed by atoms with van der Waals surface area (Å²) in [7, 11) is 2.48. The second-order valence-corrected chi connectivity index (χ2v) is 5.52. The molecule has 0 spiro atoms. The van der Waals surface area contributed by atoms with Gasteiger partial charge in [0.05, 0.1) is 14.2 Å². The lowest BCUT2D eigenvalue weighted by molar-refractivity contribution is -0.141. The number of nitrogens with zero attached hydrogens (tertiary/aromatic N) is 4. The molecule has 0 N–H and O–H groups in total. The molecule has 0 saturated heterocycles. The molecule has 0 aliphatic heterocycles. The average Bonchev–Trinajstić information content (AvgIpc) is 2.72. The van der Waals surface area contributed by atoms with E-state index in [4.69, 9.17) is 0 Å². The minimum Gasteiger partial charge on any atom is -0.469 e. The predicted molar refractivity (Wildman–Crippen MR) is 95.6 cm³/mol. The summed E-state index contributed by atoms with van der Waals surface area (Å²) in [5, 5.41) is 37.6. The SMILES string of the molecule is COC(=O)CCc1cc(=C(C#N)C#N)c(CCC(=O)OC)cc1=C(C#N)C#N. The van der Waals surface area contributed by atoms with Crippen molar-refractivity contribution < 1.29 is 19.1 Å². The van der Waals surface area contributed by atoms with Gasteiger partial charge in [-0.05, 0) is 36.1 Å². The quantitative estimate of drug-likeness (QED) is 0.643. The first kappa shape index (κ1) is 21.9. The second kappa shape index (κ2) is 10.8. The Morgan fingerprint density at radius 3 is 1.32 bits per heavy atom. The number of carbonyl (C=O) groups is 2. The van der Waals surface area contributed by atoms with Crippen molar-refractivity contribution in [3.05, 3.63) is 33.7 Å². The van der Waals surface area contributed by atoms with Crippen molar-refractivity contribution in [1.29, 1.82) is 21.0 Å². The maximum Gasteiger partial charge on any atom is 0.305 e. The Balaban J connectivity index is 3.81. The fourth-order valence-electron chi connectivity index (χ4n) is 2.54. The second-order valence-electron chi connectivity index (χ2n) is 5.52. The molecule has 1 aromatic carbocycles. The maximum absolute atomic E-state index is 11.5. The summed E-state index contributed by atoms with van der Waals surface area (Å²) in [5.41, 5.74) is 0.536. The Labute approximate surface area is 161 Å². The van der Waals surface area contributed by atoms with Gasteiger partial charge in [0.15, 0.2) is 0 Å². The number of ether oxygens (including phenoxy) is 2. The van der Waals surface area contributed by atoms with Gasteiger partial charge in [-0.15, -0.1) is 0 Å². The van der Waals surface area contributed by atoms with Crippen LogP contribution < -0.4 is 10.4 Å². The highest BCUT2D eigenvalue weighted by molar-refractivity contribution is 5.77. The van der Waals surface area contributed by atoms with E-state index in [0.29, 0.717) is 11.1 Å². The Morgan fingerprint density at radius 1 is 0.750 bits per heavy atom. The van der Waals surface area contributed by atoms with Gasteiger partial charge >= 0.3 is 11.9 Å². The number of methoxy groups -OCH3 is 2. The molecule has 0 fully saturated rings. The first-order valence-electron chi connectivity index (χ1n) is 8.10. The molecule has 8 nitrogen and oxygen atoms in total. The van der Waals surface area contributed by atoms with E-state index >= 15 is 0 Å². The third-order valence-electron chi connectivity index (χ3n) is 3.97. The van der Waals surface area contributed by atoms with Gasteiger partial charge in [-0.1, -0.05) is 0 Å². The van der Waals surface area contributed by atoms with Gasteiger partial charge in [0.2, 0.25) is 0 Å². The Kier molecular flexibility index (Phi) is 8.42. The molecule has 140 valence electrons. The van der Waals surface area contributed by atoms with Crippen LogP contribution >= 0.6 is 0 Å². The first-order chi connectivity index (χ1) is 13.4. The summed E-state index contributed by atoms with van der Waals surface area (Å²) in [6.07, 6.45) is 0.263. The standard InChI is InChI=1S/C20H16N4O4/c1-27-19(25)5-3-13-7-18(16(11-23)12-24)14(4-6-20(26)28-2)8-17(13)15(9-21)10-22/h7-8H,3-6H2,1-2H3. The smallest absolute Gasteiger partial charge is 0.305 e. The molecular formula is C20H16N4O4. The molecule has 28 heavy (non-hydrogen) atoms. The number of nitriles is 4. The number of hydrogen-bond acceptors (Lipinski definition) is 8. The van der Waals surface area contributed by atoms with Crippen molar-refractivity contribution in [3.8, 4) is 24.3 Å². The molecule has 0 aromatic heterocycles. The molecule has 0 unspecified atom stereocenters. The van der Waals surface area contributed by atoms with Crippen molar-refractivity contribution in [2.45, 2.75) is 25.7 Å². The zero-order chi connectivity index (χ0) is 21.1. The van der Waals surface area contributed by atoms with Crippen LogP contribution in [0.15, 0.2) is 12.1 Å². The van der Waals surface area contributed by atoms with E-state index in [1.807, 2.05) is 0 Å². The molecule has 0 aliphatic carbocycles. The van der Waals surface area contributed by atoms with Crippen LogP contribution in [0.2, 0.25) is 0 Å². The van der Waals surface area contributed by atoms with E-state index < -0.39 is 11.9 Å². The summed E-state index contributed by atoms with van der Waals surface area (Å²) in [5.74, 6) is -0.968. The van der Waals surface area contributed by atoms with Crippen LogP contribution in [-0.2, 0) is 31.9 Å². The third-order valence-corrected chi connectivity index (χ3v) is 3.97. The lowest BCUT2D eigenvalue weighted by Crippen LogP contribution is -2.24. The van der Waals surface area contributed by atoms with Crippen molar-refractivity contribution in [1.82, 2.24) is 0 Å². The van der Waals surface area contributed by atoms with E-state index in [1.165, 1.54) is 26.4 Å². The van der Waals surface area contributed by atoms with E-state index in [0.717, 1.165) is 0 Å². The minimum absolute atomic E-state index is 0.0109. The number of aryl methyl sites for hydroxylation is 2. The Morgan fingerprint density at radius 2 is 1.07 bits per heavy atom. The third kappa shape index (κ3) is 5.43. The van der Waals surface area contributed by atoms with Crippen molar-refractivity contribution >= 4 is 23.1 Å². The number of hydrogen-bond donors (Lipinski definition) is 0. The molecule has 1 rings (SSSR count). The number of esters is 2. The van der Waals surface area contributed by atoms with Crippen LogP contribution in [-0.4, -0.2) is 26.2 Å². The zero-order valence-corrected chi connectivity index (χ0v) is 15.4. The van der Waals surface area contributed by atoms with Gasteiger partial charge in [-0.3, -0.25) is 9.59 Å². The molecule has 0 bridgehead atoms. The van der Waals surface area contributed by atoms with Crippen molar-refractivity contribution in [3.63, 3.8) is 0 Å². The molecular weight excluding hydrogens is 360 g/mol. The van der Waals surface area contributed by atoms with Gasteiger partial charge in [-0.25, -0.2) is 0 Å². The maximum atomic E-state index is 11.5. The largest absolute Gasteiger partial charge is 0.469 e. The van der Waals surface area contributed by atoms with Crippen LogP contribution in [0.5, 0.6) is 0 Å². The van der Waals surface area contributed by atoms with Crippen LogP contribution in [0.25, 0.3) is 11.1 Å². The summed E-state index contributed by atoms with van der Waals surface area (Å²) in [6.45, 7) is 0. The van der Waals surface area contributed by atoms with Gasteiger partial charge in [0, 0.05) is 23.3 Å². The summed E-state index contributed by atoms with van der Waals surface area (Å²) in [4.78, 5) is 23.0. The fourth-order valence-corrected chi connectivity index (χ4v) is 2.54. The van der Waals surface area contributed by atoms with Gasteiger partial charge < -0.3 is 9.47 Å². The van der Waals surface area contributed by atoms with Crippen LogP contribution in [0.3, 0.4) is 0 Å². The lowest BCUT2D eigenvalue weighted by Gasteiger charge is -2.08. The highest BCUT2D eigenvalue weighted by Crippen LogP contribution is 2.06. The highest BCUT2D eigenvalue weighted by Gasteiger charge is 2.12. The van der Waals surface area contributed by atoms with E-state index in [-0.39, 0.29) is 47.3 Å². The van der Waals surface area contributed by atoms with Crippen LogP contribution in [0.4, 0.5) is 0 Å². The molecule has 0 saturated carbocycles. The zero-order valence-electron chi connectivity index (χ0n) is 15.4. The summed E-state index contributed by atoms with van der Waals surface area (Å²) >= 11 is 0. The molecule has 0 radical (unpaired) electrons. The van der Waals surface area contributed by atoms with Crippen LogP contribution in [0.1, 0.15) is 24.0 Å². The number of carbonyl (C=O) groups excluding carboxylic acids is 2. The normalized spacial score (nSPS) is 9.07. The van der Waals surface area contributed by atoms with Gasteiger partial charge in [0.25, 0.3) is 0 Å². The molecule has 0 heterocycles. The van der Waals surface area contributed by atoms with E-state index in [9.17, 15) is 30.6 Å². The number of rotatable bonds is 6. The lowest BCUT2D eigenvalue weighted by atomic mass is 9.95. The fraction of sp³-hybridized carbons (Fsp3) is 0.300. The minimum atomic E-state index is -0.484. The summed E-state index contributed by atoms with van der Waals surface area (Å²) < 4.78 is 9.22. The van der Waals surface area contributed by atoms with Gasteiger partial charge in [0.1, 0.15) is 35.4 Å². The summed E-state index contributed by atoms with van der Waals surface area (Å²) in [6, 6.07) is 10.2. The molecule has 0 aliphatic rings. The topological polar surface area (TPSA) is 148 Å². The highest BCUT2D eigenvalue weighted by atomic mass is 16.5. The van der Waals surface area contributed by atoms with Crippen molar-refractivity contribution in [2.75, 3.05) is 14.2 Å².